The van der Waals surface area contributed by atoms with Crippen LogP contribution in [0.15, 0.2) is 42.5 Å². The van der Waals surface area contributed by atoms with E-state index < -0.39 is 6.03 Å². The SMILES string of the molecule is NC(=O)Nc1cc(Cl)ccc1OCC(=O)N(P=S)[C@@H]1C[C@H]2CC[C@@H](C1)N2Cc1ccc(Cl)cc1. The van der Waals surface area contributed by atoms with Crippen LogP contribution in [0, 0.1) is 0 Å². The molecule has 2 aromatic rings. The van der Waals surface area contributed by atoms with Gasteiger partial charge in [0.1, 0.15) is 5.75 Å². The van der Waals surface area contributed by atoms with E-state index in [2.05, 4.69) is 22.3 Å². The lowest BCUT2D eigenvalue weighted by Gasteiger charge is -2.41. The monoisotopic (exact) mass is 538 g/mol. The molecular weight excluding hydrogens is 514 g/mol. The third-order valence-electron chi connectivity index (χ3n) is 6.38. The lowest BCUT2D eigenvalue weighted by atomic mass is 9.96. The zero-order valence-electron chi connectivity index (χ0n) is 18.3. The minimum atomic E-state index is -0.745. The molecule has 3 N–H and O–H groups in total. The number of nitrogens with zero attached hydrogens (tertiary/aromatic N) is 2. The number of rotatable bonds is 8. The summed E-state index contributed by atoms with van der Waals surface area (Å²) in [4.78, 5) is 26.9. The average Bonchev–Trinajstić information content (AvgIpc) is 3.01. The molecule has 34 heavy (non-hydrogen) atoms. The molecule has 7 nitrogen and oxygen atoms in total. The van der Waals surface area contributed by atoms with Crippen molar-refractivity contribution in [3.63, 3.8) is 0 Å². The predicted molar refractivity (Wildman–Crippen MR) is 138 cm³/mol. The molecule has 4 rings (SSSR count). The van der Waals surface area contributed by atoms with Gasteiger partial charge in [-0.3, -0.25) is 14.4 Å². The van der Waals surface area contributed by atoms with Gasteiger partial charge in [0.05, 0.1) is 13.2 Å². The molecule has 2 aromatic carbocycles. The number of hydrogen-bond acceptors (Lipinski definition) is 5. The van der Waals surface area contributed by atoms with Gasteiger partial charge in [-0.2, -0.15) is 0 Å². The van der Waals surface area contributed by atoms with Crippen LogP contribution < -0.4 is 15.8 Å². The molecule has 0 aromatic heterocycles. The molecule has 0 unspecified atom stereocenters. The molecular formula is C23H25Cl2N4O3PS. The lowest BCUT2D eigenvalue weighted by Crippen LogP contribution is -2.49. The van der Waals surface area contributed by atoms with Gasteiger partial charge >= 0.3 is 6.03 Å². The Morgan fingerprint density at radius 1 is 1.12 bits per heavy atom. The number of fused-ring (bicyclic) bond motifs is 2. The van der Waals surface area contributed by atoms with E-state index in [-0.39, 0.29) is 18.6 Å². The number of urea groups is 1. The van der Waals surface area contributed by atoms with Crippen molar-refractivity contribution in [3.8, 4) is 5.75 Å². The second-order valence-electron chi connectivity index (χ2n) is 8.55. The molecule has 0 spiro atoms. The van der Waals surface area contributed by atoms with Crippen LogP contribution in [-0.4, -0.2) is 46.2 Å². The highest BCUT2D eigenvalue weighted by atomic mass is 35.5. The van der Waals surface area contributed by atoms with Gasteiger partial charge in [0.25, 0.3) is 5.91 Å². The number of piperidine rings is 1. The summed E-state index contributed by atoms with van der Waals surface area (Å²) in [6, 6.07) is 12.9. The smallest absolute Gasteiger partial charge is 0.316 e. The number of carbonyl (C=O) groups is 2. The van der Waals surface area contributed by atoms with Gasteiger partial charge in [-0.05, 0) is 73.4 Å². The molecule has 2 fully saturated rings. The molecule has 2 saturated heterocycles. The summed E-state index contributed by atoms with van der Waals surface area (Å²) < 4.78 is 7.44. The highest BCUT2D eigenvalue weighted by Gasteiger charge is 2.43. The van der Waals surface area contributed by atoms with E-state index in [1.165, 1.54) is 11.6 Å². The van der Waals surface area contributed by atoms with E-state index in [9.17, 15) is 9.59 Å². The van der Waals surface area contributed by atoms with E-state index in [0.29, 0.717) is 36.0 Å². The summed E-state index contributed by atoms with van der Waals surface area (Å²) >= 11 is 17.3. The van der Waals surface area contributed by atoms with Gasteiger partial charge in [-0.15, -0.1) is 0 Å². The first-order valence-electron chi connectivity index (χ1n) is 11.0. The highest BCUT2D eigenvalue weighted by Crippen LogP contribution is 2.40. The molecule has 2 bridgehead atoms. The van der Waals surface area contributed by atoms with E-state index in [0.717, 1.165) is 37.3 Å². The first kappa shape index (κ1) is 25.1. The number of anilines is 1. The van der Waals surface area contributed by atoms with Gasteiger partial charge in [0.2, 0.25) is 0 Å². The second-order valence-corrected chi connectivity index (χ2v) is 10.5. The molecule has 0 aliphatic carbocycles. The minimum Gasteiger partial charge on any atom is -0.482 e. The number of amides is 3. The molecule has 11 heteroatoms. The maximum atomic E-state index is 13.0. The molecule has 2 aliphatic heterocycles. The molecule has 0 saturated carbocycles. The molecule has 3 amide bonds. The fraction of sp³-hybridized carbons (Fsp3) is 0.391. The average molecular weight is 539 g/mol. The standard InChI is InChI=1S/C23H25Cl2N4O3PS/c24-15-3-1-14(2-4-15)12-28-17-6-7-18(28)11-19(10-17)29(33-34)22(30)13-32-21-8-5-16(25)9-20(21)27-23(26)31/h1-5,8-9,17-19H,6-7,10-13H2,(H3,26,27,31)/t17-,18+,19-. The van der Waals surface area contributed by atoms with Crippen LogP contribution in [0.4, 0.5) is 10.5 Å². The van der Waals surface area contributed by atoms with E-state index in [1.807, 2.05) is 12.1 Å². The number of hydrogen-bond donors (Lipinski definition) is 2. The zero-order chi connectivity index (χ0) is 24.2. The Labute approximate surface area is 215 Å². The molecule has 3 atom stereocenters. The van der Waals surface area contributed by atoms with E-state index >= 15 is 0 Å². The van der Waals surface area contributed by atoms with E-state index in [4.69, 9.17) is 45.5 Å². The Hall–Kier alpha value is -1.96. The predicted octanol–water partition coefficient (Wildman–Crippen LogP) is 5.21. The van der Waals surface area contributed by atoms with Crippen molar-refractivity contribution < 1.29 is 14.3 Å². The first-order valence-corrected chi connectivity index (χ1v) is 13.6. The van der Waals surface area contributed by atoms with Crippen LogP contribution in [0.25, 0.3) is 0 Å². The normalized spacial score (nSPS) is 21.9. The summed E-state index contributed by atoms with van der Waals surface area (Å²) in [7, 11) is 0.476. The van der Waals surface area contributed by atoms with Crippen molar-refractivity contribution in [2.24, 2.45) is 5.73 Å². The summed E-state index contributed by atoms with van der Waals surface area (Å²) in [5, 5.41) is 3.61. The largest absolute Gasteiger partial charge is 0.482 e. The highest BCUT2D eigenvalue weighted by molar-refractivity contribution is 7.95. The van der Waals surface area contributed by atoms with Crippen LogP contribution in [0.2, 0.25) is 10.0 Å². The van der Waals surface area contributed by atoms with Gasteiger partial charge in [-0.25, -0.2) is 4.79 Å². The topological polar surface area (TPSA) is 87.9 Å². The number of halogens is 2. The van der Waals surface area contributed by atoms with Crippen molar-refractivity contribution in [1.82, 2.24) is 9.57 Å². The van der Waals surface area contributed by atoms with Crippen molar-refractivity contribution >= 4 is 60.1 Å². The fourth-order valence-corrected chi connectivity index (χ4v) is 6.33. The van der Waals surface area contributed by atoms with Crippen LogP contribution in [0.5, 0.6) is 5.75 Å². The maximum Gasteiger partial charge on any atom is 0.316 e. The number of nitrogens with one attached hydrogen (secondary N) is 1. The minimum absolute atomic E-state index is 0.0719. The number of primary amides is 1. The summed E-state index contributed by atoms with van der Waals surface area (Å²) in [6.45, 7) is 0.688. The summed E-state index contributed by atoms with van der Waals surface area (Å²) in [6.07, 6.45) is 4.01. The molecule has 180 valence electrons. The van der Waals surface area contributed by atoms with Gasteiger partial charge in [0.15, 0.2) is 6.61 Å². The Morgan fingerprint density at radius 2 is 1.76 bits per heavy atom. The third kappa shape index (κ3) is 5.99. The van der Waals surface area contributed by atoms with Gasteiger partial charge < -0.3 is 15.8 Å². The maximum absolute atomic E-state index is 13.0. The van der Waals surface area contributed by atoms with Crippen LogP contribution in [0.1, 0.15) is 31.2 Å². The van der Waals surface area contributed by atoms with Crippen molar-refractivity contribution in [2.45, 2.75) is 50.4 Å². The quantitative estimate of drug-likeness (QED) is 0.450. The van der Waals surface area contributed by atoms with Crippen LogP contribution >= 0.6 is 30.7 Å². The lowest BCUT2D eigenvalue weighted by molar-refractivity contribution is -0.130. The third-order valence-corrected chi connectivity index (χ3v) is 8.12. The summed E-state index contributed by atoms with van der Waals surface area (Å²) in [5.74, 6) is 0.127. The fourth-order valence-electron chi connectivity index (χ4n) is 4.88. The van der Waals surface area contributed by atoms with Gasteiger partial charge in [-0.1, -0.05) is 35.3 Å². The molecule has 2 heterocycles. The number of carbonyl (C=O) groups excluding carboxylic acids is 2. The number of benzene rings is 2. The van der Waals surface area contributed by atoms with Crippen LogP contribution in [-0.2, 0) is 23.1 Å². The van der Waals surface area contributed by atoms with Crippen molar-refractivity contribution in [1.29, 1.82) is 0 Å². The number of nitrogens with two attached hydrogens (primary N) is 1. The Bertz CT molecular complexity index is 1060. The second kappa shape index (κ2) is 11.2. The van der Waals surface area contributed by atoms with Crippen molar-refractivity contribution in [2.75, 3.05) is 11.9 Å². The van der Waals surface area contributed by atoms with Crippen LogP contribution in [0.3, 0.4) is 0 Å². The Kier molecular flexibility index (Phi) is 8.27. The Balaban J connectivity index is 1.38. The summed E-state index contributed by atoms with van der Waals surface area (Å²) in [5.41, 5.74) is 6.77. The van der Waals surface area contributed by atoms with Gasteiger partial charge in [0, 0.05) is 34.7 Å². The van der Waals surface area contributed by atoms with E-state index in [1.54, 1.807) is 16.8 Å². The molecule has 0 radical (unpaired) electrons. The Morgan fingerprint density at radius 3 is 2.38 bits per heavy atom. The number of ether oxygens (including phenoxy) is 1. The first-order chi connectivity index (χ1) is 16.3. The zero-order valence-corrected chi connectivity index (χ0v) is 21.5. The van der Waals surface area contributed by atoms with Crippen molar-refractivity contribution in [3.05, 3.63) is 58.1 Å². The molecule has 2 aliphatic rings.